The number of hydrogen-bond donors (Lipinski definition) is 0. The quantitative estimate of drug-likeness (QED) is 0.727. The minimum atomic E-state index is 0.372. The molecule has 1 aromatic heterocycles. The number of ether oxygens (including phenoxy) is 2. The van der Waals surface area contributed by atoms with Gasteiger partial charge in [0.2, 0.25) is 0 Å². The molecule has 1 aromatic rings. The van der Waals surface area contributed by atoms with Crippen molar-refractivity contribution in [2.24, 2.45) is 0 Å². The van der Waals surface area contributed by atoms with Gasteiger partial charge in [-0.3, -0.25) is 9.69 Å². The van der Waals surface area contributed by atoms with Gasteiger partial charge >= 0.3 is 0 Å². The van der Waals surface area contributed by atoms with Crippen LogP contribution in [0.15, 0.2) is 12.1 Å². The minimum absolute atomic E-state index is 0.372. The smallest absolute Gasteiger partial charge is 0.172 e. The normalized spacial score (nSPS) is 16.5. The van der Waals surface area contributed by atoms with Crippen molar-refractivity contribution in [2.45, 2.75) is 6.92 Å². The molecule has 18 heavy (non-hydrogen) atoms. The Hall–Kier alpha value is -1.46. The van der Waals surface area contributed by atoms with E-state index in [9.17, 15) is 4.79 Å². The van der Waals surface area contributed by atoms with Crippen LogP contribution in [-0.2, 0) is 4.74 Å². The van der Waals surface area contributed by atoms with E-state index < -0.39 is 0 Å². The second kappa shape index (κ2) is 6.47. The first-order valence-electron chi connectivity index (χ1n) is 6.15. The lowest BCUT2D eigenvalue weighted by Crippen LogP contribution is -2.38. The Kier molecular flexibility index (Phi) is 4.66. The average molecular weight is 250 g/mol. The van der Waals surface area contributed by atoms with E-state index in [0.717, 1.165) is 44.8 Å². The van der Waals surface area contributed by atoms with Gasteiger partial charge in [0.25, 0.3) is 0 Å². The highest BCUT2D eigenvalue weighted by molar-refractivity contribution is 5.76. The number of aryl methyl sites for hydroxylation is 1. The minimum Gasteiger partial charge on any atom is -0.490 e. The molecule has 0 radical (unpaired) electrons. The van der Waals surface area contributed by atoms with Crippen molar-refractivity contribution in [2.75, 3.05) is 39.5 Å². The Balaban J connectivity index is 1.84. The van der Waals surface area contributed by atoms with Crippen molar-refractivity contribution < 1.29 is 14.3 Å². The molecule has 1 aliphatic rings. The Labute approximate surface area is 107 Å². The van der Waals surface area contributed by atoms with Crippen molar-refractivity contribution in [3.8, 4) is 5.75 Å². The Morgan fingerprint density at radius 1 is 1.44 bits per heavy atom. The number of rotatable bonds is 5. The molecule has 1 aliphatic heterocycles. The Bertz CT molecular complexity index is 403. The van der Waals surface area contributed by atoms with E-state index in [2.05, 4.69) is 9.88 Å². The third-order valence-corrected chi connectivity index (χ3v) is 2.91. The predicted molar refractivity (Wildman–Crippen MR) is 67.1 cm³/mol. The van der Waals surface area contributed by atoms with E-state index in [-0.39, 0.29) is 0 Å². The van der Waals surface area contributed by atoms with E-state index in [1.807, 2.05) is 13.0 Å². The van der Waals surface area contributed by atoms with Gasteiger partial charge in [-0.2, -0.15) is 0 Å². The summed E-state index contributed by atoms with van der Waals surface area (Å²) in [5, 5.41) is 0. The molecule has 0 spiro atoms. The molecule has 1 saturated heterocycles. The van der Waals surface area contributed by atoms with Gasteiger partial charge < -0.3 is 9.47 Å². The molecule has 5 heteroatoms. The van der Waals surface area contributed by atoms with Gasteiger partial charge in [0, 0.05) is 25.3 Å². The number of carbonyl (C=O) groups is 1. The molecule has 2 rings (SSSR count). The second-order valence-corrected chi connectivity index (χ2v) is 4.26. The molecule has 0 aromatic carbocycles. The Morgan fingerprint density at radius 3 is 2.94 bits per heavy atom. The lowest BCUT2D eigenvalue weighted by Gasteiger charge is -2.26. The lowest BCUT2D eigenvalue weighted by atomic mass is 10.3. The van der Waals surface area contributed by atoms with E-state index in [1.54, 1.807) is 6.07 Å². The number of hydrogen-bond acceptors (Lipinski definition) is 5. The summed E-state index contributed by atoms with van der Waals surface area (Å²) in [4.78, 5) is 17.3. The van der Waals surface area contributed by atoms with E-state index >= 15 is 0 Å². The molecule has 0 amide bonds. The maximum atomic E-state index is 10.9. The number of aldehydes is 1. The van der Waals surface area contributed by atoms with E-state index in [4.69, 9.17) is 9.47 Å². The first kappa shape index (κ1) is 13.0. The van der Waals surface area contributed by atoms with Gasteiger partial charge in [-0.05, 0) is 19.1 Å². The van der Waals surface area contributed by atoms with Crippen LogP contribution in [0.5, 0.6) is 5.75 Å². The molecule has 1 fully saturated rings. The van der Waals surface area contributed by atoms with Gasteiger partial charge in [0.1, 0.15) is 18.1 Å². The van der Waals surface area contributed by atoms with Crippen LogP contribution >= 0.6 is 0 Å². The first-order valence-corrected chi connectivity index (χ1v) is 6.15. The van der Waals surface area contributed by atoms with Gasteiger partial charge in [-0.1, -0.05) is 0 Å². The van der Waals surface area contributed by atoms with E-state index in [0.29, 0.717) is 18.1 Å². The lowest BCUT2D eigenvalue weighted by molar-refractivity contribution is 0.0322. The van der Waals surface area contributed by atoms with Crippen LogP contribution in [0.1, 0.15) is 16.2 Å². The molecule has 0 unspecified atom stereocenters. The average Bonchev–Trinajstić information content (AvgIpc) is 2.41. The van der Waals surface area contributed by atoms with Crippen LogP contribution in [0.2, 0.25) is 0 Å². The van der Waals surface area contributed by atoms with Crippen molar-refractivity contribution in [3.05, 3.63) is 23.5 Å². The summed E-state index contributed by atoms with van der Waals surface area (Å²) >= 11 is 0. The highest BCUT2D eigenvalue weighted by Gasteiger charge is 2.10. The van der Waals surface area contributed by atoms with Gasteiger partial charge in [-0.25, -0.2) is 4.98 Å². The maximum absolute atomic E-state index is 10.9. The fourth-order valence-corrected chi connectivity index (χ4v) is 1.88. The van der Waals surface area contributed by atoms with Crippen LogP contribution in [0, 0.1) is 6.92 Å². The number of aromatic nitrogens is 1. The van der Waals surface area contributed by atoms with Crippen LogP contribution in [0.3, 0.4) is 0 Å². The summed E-state index contributed by atoms with van der Waals surface area (Å²) in [7, 11) is 0. The monoisotopic (exact) mass is 250 g/mol. The standard InChI is InChI=1S/C13H18N2O3/c1-11-2-3-13(12(10-16)14-11)18-9-6-15-4-7-17-8-5-15/h2-3,10H,4-9H2,1H3. The summed E-state index contributed by atoms with van der Waals surface area (Å²) in [6.07, 6.45) is 0.733. The number of nitrogens with zero attached hydrogens (tertiary/aromatic N) is 2. The number of pyridine rings is 1. The molecule has 98 valence electrons. The third kappa shape index (κ3) is 3.51. The zero-order valence-electron chi connectivity index (χ0n) is 10.6. The number of morpholine rings is 1. The molecule has 0 N–H and O–H groups in total. The molecule has 0 aliphatic carbocycles. The largest absolute Gasteiger partial charge is 0.490 e. The van der Waals surface area contributed by atoms with Crippen LogP contribution in [0.25, 0.3) is 0 Å². The molecular weight excluding hydrogens is 232 g/mol. The molecule has 0 saturated carbocycles. The van der Waals surface area contributed by atoms with Gasteiger partial charge in [0.15, 0.2) is 6.29 Å². The van der Waals surface area contributed by atoms with Crippen LogP contribution in [0.4, 0.5) is 0 Å². The molecule has 5 nitrogen and oxygen atoms in total. The van der Waals surface area contributed by atoms with E-state index in [1.165, 1.54) is 0 Å². The molecule has 2 heterocycles. The van der Waals surface area contributed by atoms with Crippen molar-refractivity contribution >= 4 is 6.29 Å². The second-order valence-electron chi connectivity index (χ2n) is 4.26. The fourth-order valence-electron chi connectivity index (χ4n) is 1.88. The van der Waals surface area contributed by atoms with Crippen molar-refractivity contribution in [1.82, 2.24) is 9.88 Å². The highest BCUT2D eigenvalue weighted by atomic mass is 16.5. The zero-order chi connectivity index (χ0) is 12.8. The summed E-state index contributed by atoms with van der Waals surface area (Å²) in [6.45, 7) is 6.70. The van der Waals surface area contributed by atoms with Crippen molar-refractivity contribution in [3.63, 3.8) is 0 Å². The maximum Gasteiger partial charge on any atom is 0.172 e. The van der Waals surface area contributed by atoms with Gasteiger partial charge in [-0.15, -0.1) is 0 Å². The van der Waals surface area contributed by atoms with Crippen molar-refractivity contribution in [1.29, 1.82) is 0 Å². The zero-order valence-corrected chi connectivity index (χ0v) is 10.6. The molecule has 0 bridgehead atoms. The third-order valence-electron chi connectivity index (χ3n) is 2.91. The number of carbonyl (C=O) groups excluding carboxylic acids is 1. The first-order chi connectivity index (χ1) is 8.79. The fraction of sp³-hybridized carbons (Fsp3) is 0.538. The predicted octanol–water partition coefficient (Wildman–Crippen LogP) is 0.914. The topological polar surface area (TPSA) is 51.7 Å². The van der Waals surface area contributed by atoms with Gasteiger partial charge in [0.05, 0.1) is 13.2 Å². The van der Waals surface area contributed by atoms with Crippen LogP contribution < -0.4 is 4.74 Å². The summed E-state index contributed by atoms with van der Waals surface area (Å²) in [5.74, 6) is 0.559. The Morgan fingerprint density at radius 2 is 2.22 bits per heavy atom. The summed E-state index contributed by atoms with van der Waals surface area (Å²) < 4.78 is 10.9. The SMILES string of the molecule is Cc1ccc(OCCN2CCOCC2)c(C=O)n1. The summed E-state index contributed by atoms with van der Waals surface area (Å²) in [6, 6.07) is 3.64. The molecular formula is C13H18N2O3. The highest BCUT2D eigenvalue weighted by Crippen LogP contribution is 2.14. The summed E-state index contributed by atoms with van der Waals surface area (Å²) in [5.41, 5.74) is 1.19. The molecule has 0 atom stereocenters. The van der Waals surface area contributed by atoms with Crippen LogP contribution in [-0.4, -0.2) is 55.6 Å².